The third kappa shape index (κ3) is 4.10. The zero-order chi connectivity index (χ0) is 18.7. The van der Waals surface area contributed by atoms with Crippen molar-refractivity contribution in [2.45, 2.75) is 18.3 Å². The van der Waals surface area contributed by atoms with Crippen molar-refractivity contribution in [3.05, 3.63) is 59.4 Å². The fraction of sp³-hybridized carbons (Fsp3) is 0.176. The van der Waals surface area contributed by atoms with Crippen molar-refractivity contribution >= 4 is 17.5 Å². The first-order valence-corrected chi connectivity index (χ1v) is 8.43. The molecule has 5 nitrogen and oxygen atoms in total. The summed E-state index contributed by atoms with van der Waals surface area (Å²) in [6.07, 6.45) is -4.52. The highest BCUT2D eigenvalue weighted by Crippen LogP contribution is 2.31. The molecule has 2 aromatic heterocycles. The van der Waals surface area contributed by atoms with Crippen LogP contribution in [0.4, 0.5) is 13.2 Å². The van der Waals surface area contributed by atoms with Crippen LogP contribution < -0.4 is 0 Å². The molecular weight excluding hydrogens is 367 g/mol. The third-order valence-electron chi connectivity index (χ3n) is 3.44. The van der Waals surface area contributed by atoms with Crippen LogP contribution in [0.15, 0.2) is 52.1 Å². The molecule has 0 radical (unpaired) electrons. The van der Waals surface area contributed by atoms with Crippen LogP contribution in [0, 0.1) is 6.92 Å². The Labute approximate surface area is 150 Å². The summed E-state index contributed by atoms with van der Waals surface area (Å²) in [4.78, 5) is 15.6. The van der Waals surface area contributed by atoms with Gasteiger partial charge in [-0.25, -0.2) is 4.98 Å². The molecule has 9 heteroatoms. The topological polar surface area (TPSA) is 68.9 Å². The van der Waals surface area contributed by atoms with Crippen molar-refractivity contribution in [2.75, 3.05) is 5.75 Å². The predicted octanol–water partition coefficient (Wildman–Crippen LogP) is 4.43. The quantitative estimate of drug-likeness (QED) is 0.482. The standard InChI is InChI=1S/C17H12F3N3O2S/c1-10-12(7-8-14(21-10)17(18,19)20)15-22-23-16(25-15)26-9-13(24)11-5-3-2-4-6-11/h2-8H,9H2,1H3. The van der Waals surface area contributed by atoms with Gasteiger partial charge in [-0.05, 0) is 19.1 Å². The Bertz CT molecular complexity index is 927. The van der Waals surface area contributed by atoms with E-state index in [4.69, 9.17) is 4.42 Å². The second-order valence-electron chi connectivity index (χ2n) is 5.28. The maximum Gasteiger partial charge on any atom is 0.433 e. The summed E-state index contributed by atoms with van der Waals surface area (Å²) >= 11 is 1.06. The molecule has 0 aliphatic rings. The van der Waals surface area contributed by atoms with Crippen molar-refractivity contribution in [2.24, 2.45) is 0 Å². The van der Waals surface area contributed by atoms with Crippen LogP contribution in [0.25, 0.3) is 11.5 Å². The lowest BCUT2D eigenvalue weighted by Gasteiger charge is -2.07. The van der Waals surface area contributed by atoms with Gasteiger partial charge in [0, 0.05) is 5.56 Å². The number of Topliss-reactive ketones (excluding diaryl/α,β-unsaturated/α-hetero) is 1. The monoisotopic (exact) mass is 379 g/mol. The van der Waals surface area contributed by atoms with Gasteiger partial charge in [0.25, 0.3) is 11.1 Å². The van der Waals surface area contributed by atoms with Gasteiger partial charge in [0.2, 0.25) is 0 Å². The Morgan fingerprint density at radius 1 is 1.12 bits per heavy atom. The molecule has 0 unspecified atom stereocenters. The predicted molar refractivity (Wildman–Crippen MR) is 88.8 cm³/mol. The second kappa shape index (κ2) is 7.28. The molecule has 0 aliphatic heterocycles. The Morgan fingerprint density at radius 3 is 2.50 bits per heavy atom. The number of pyridine rings is 1. The van der Waals surface area contributed by atoms with Crippen LogP contribution in [0.1, 0.15) is 21.7 Å². The molecule has 0 bridgehead atoms. The zero-order valence-electron chi connectivity index (χ0n) is 13.4. The molecular formula is C17H12F3N3O2S. The van der Waals surface area contributed by atoms with Crippen molar-refractivity contribution in [3.63, 3.8) is 0 Å². The average molecular weight is 379 g/mol. The molecule has 0 aliphatic carbocycles. The van der Waals surface area contributed by atoms with Gasteiger partial charge < -0.3 is 4.42 Å². The molecule has 0 amide bonds. The molecule has 3 rings (SSSR count). The second-order valence-corrected chi connectivity index (χ2v) is 6.20. The summed E-state index contributed by atoms with van der Waals surface area (Å²) in [5.74, 6) is 0.0664. The van der Waals surface area contributed by atoms with E-state index in [0.29, 0.717) is 11.1 Å². The third-order valence-corrected chi connectivity index (χ3v) is 4.25. The number of halogens is 3. The first kappa shape index (κ1) is 18.1. The number of ketones is 1. The van der Waals surface area contributed by atoms with Gasteiger partial charge in [-0.3, -0.25) is 4.79 Å². The summed E-state index contributed by atoms with van der Waals surface area (Å²) in [7, 11) is 0. The number of thioether (sulfide) groups is 1. The number of hydrogen-bond donors (Lipinski definition) is 0. The molecule has 0 atom stereocenters. The Morgan fingerprint density at radius 2 is 1.85 bits per heavy atom. The van der Waals surface area contributed by atoms with Crippen molar-refractivity contribution < 1.29 is 22.4 Å². The van der Waals surface area contributed by atoms with Crippen LogP contribution in [-0.2, 0) is 6.18 Å². The minimum atomic E-state index is -4.52. The SMILES string of the molecule is Cc1nc(C(F)(F)F)ccc1-c1nnc(SCC(=O)c2ccccc2)o1. The molecule has 26 heavy (non-hydrogen) atoms. The Hall–Kier alpha value is -2.68. The summed E-state index contributed by atoms with van der Waals surface area (Å²) < 4.78 is 43.4. The minimum Gasteiger partial charge on any atom is -0.411 e. The van der Waals surface area contributed by atoms with Crippen LogP contribution in [0.3, 0.4) is 0 Å². The number of alkyl halides is 3. The lowest BCUT2D eigenvalue weighted by molar-refractivity contribution is -0.141. The first-order valence-electron chi connectivity index (χ1n) is 7.44. The first-order chi connectivity index (χ1) is 12.3. The number of aromatic nitrogens is 3. The van der Waals surface area contributed by atoms with E-state index < -0.39 is 11.9 Å². The molecule has 0 fully saturated rings. The van der Waals surface area contributed by atoms with E-state index in [-0.39, 0.29) is 28.3 Å². The summed E-state index contributed by atoms with van der Waals surface area (Å²) in [6, 6.07) is 10.9. The maximum atomic E-state index is 12.7. The molecule has 0 spiro atoms. The van der Waals surface area contributed by atoms with Crippen molar-refractivity contribution in [1.82, 2.24) is 15.2 Å². The van der Waals surface area contributed by atoms with E-state index in [0.717, 1.165) is 17.8 Å². The lowest BCUT2D eigenvalue weighted by Crippen LogP contribution is -2.08. The molecule has 134 valence electrons. The zero-order valence-corrected chi connectivity index (χ0v) is 14.3. The van der Waals surface area contributed by atoms with Crippen molar-refractivity contribution in [1.29, 1.82) is 0 Å². The molecule has 3 aromatic rings. The van der Waals surface area contributed by atoms with E-state index in [1.54, 1.807) is 24.3 Å². The number of benzene rings is 1. The van der Waals surface area contributed by atoms with Gasteiger partial charge in [0.15, 0.2) is 5.78 Å². The van der Waals surface area contributed by atoms with Crippen LogP contribution in [-0.4, -0.2) is 26.7 Å². The Balaban J connectivity index is 1.71. The lowest BCUT2D eigenvalue weighted by atomic mass is 10.2. The van der Waals surface area contributed by atoms with Crippen LogP contribution in [0.2, 0.25) is 0 Å². The minimum absolute atomic E-state index is 0.0541. The average Bonchev–Trinajstić information content (AvgIpc) is 3.08. The van der Waals surface area contributed by atoms with Crippen molar-refractivity contribution in [3.8, 4) is 11.5 Å². The van der Waals surface area contributed by atoms with Gasteiger partial charge in [-0.2, -0.15) is 13.2 Å². The normalized spacial score (nSPS) is 11.5. The highest BCUT2D eigenvalue weighted by atomic mass is 32.2. The van der Waals surface area contributed by atoms with Gasteiger partial charge in [-0.15, -0.1) is 10.2 Å². The summed E-state index contributed by atoms with van der Waals surface area (Å²) in [5, 5.41) is 7.79. The number of rotatable bonds is 5. The maximum absolute atomic E-state index is 12.7. The van der Waals surface area contributed by atoms with Gasteiger partial charge in [0.05, 0.1) is 17.0 Å². The number of carbonyl (C=O) groups excluding carboxylic acids is 1. The number of nitrogens with zero attached hydrogens (tertiary/aromatic N) is 3. The smallest absolute Gasteiger partial charge is 0.411 e. The molecule has 0 saturated carbocycles. The molecule has 1 aromatic carbocycles. The van der Waals surface area contributed by atoms with Gasteiger partial charge >= 0.3 is 6.18 Å². The van der Waals surface area contributed by atoms with Crippen LogP contribution in [0.5, 0.6) is 0 Å². The number of carbonyl (C=O) groups is 1. The summed E-state index contributed by atoms with van der Waals surface area (Å²) in [5.41, 5.74) is 0.0240. The largest absolute Gasteiger partial charge is 0.433 e. The highest BCUT2D eigenvalue weighted by Gasteiger charge is 2.33. The van der Waals surface area contributed by atoms with Gasteiger partial charge in [0.1, 0.15) is 5.69 Å². The number of aryl methyl sites for hydroxylation is 1. The molecule has 0 saturated heterocycles. The van der Waals surface area contributed by atoms with E-state index in [1.165, 1.54) is 13.0 Å². The van der Waals surface area contributed by atoms with E-state index in [9.17, 15) is 18.0 Å². The fourth-order valence-electron chi connectivity index (χ4n) is 2.16. The highest BCUT2D eigenvalue weighted by molar-refractivity contribution is 7.99. The molecule has 2 heterocycles. The van der Waals surface area contributed by atoms with Gasteiger partial charge in [-0.1, -0.05) is 42.1 Å². The fourth-order valence-corrected chi connectivity index (χ4v) is 2.81. The van der Waals surface area contributed by atoms with E-state index in [2.05, 4.69) is 15.2 Å². The Kier molecular flexibility index (Phi) is 5.08. The van der Waals surface area contributed by atoms with Crippen LogP contribution >= 0.6 is 11.8 Å². The summed E-state index contributed by atoms with van der Waals surface area (Å²) in [6.45, 7) is 1.43. The van der Waals surface area contributed by atoms with E-state index in [1.807, 2.05) is 6.07 Å². The molecule has 0 N–H and O–H groups in total. The number of hydrogen-bond acceptors (Lipinski definition) is 6. The van der Waals surface area contributed by atoms with E-state index >= 15 is 0 Å².